The van der Waals surface area contributed by atoms with Gasteiger partial charge in [-0.3, -0.25) is 4.79 Å². The van der Waals surface area contributed by atoms with Crippen molar-refractivity contribution >= 4 is 37.2 Å². The summed E-state index contributed by atoms with van der Waals surface area (Å²) >= 11 is 5.82. The van der Waals surface area contributed by atoms with Crippen LogP contribution >= 0.6 is 22.3 Å². The average Bonchev–Trinajstić information content (AvgIpc) is 2.24. The first-order valence-corrected chi connectivity index (χ1v) is 8.46. The lowest BCUT2D eigenvalue weighted by molar-refractivity contribution is 0.0850. The van der Waals surface area contributed by atoms with Crippen LogP contribution in [0.15, 0.2) is 23.1 Å². The Kier molecular flexibility index (Phi) is 3.82. The van der Waals surface area contributed by atoms with Gasteiger partial charge in [0, 0.05) is 26.8 Å². The van der Waals surface area contributed by atoms with Crippen molar-refractivity contribution in [3.8, 4) is 0 Å². The number of nitrogens with one attached hydrogen (secondary N) is 1. The molecule has 1 saturated carbocycles. The molecule has 7 heteroatoms. The molecule has 1 aromatic carbocycles. The van der Waals surface area contributed by atoms with E-state index in [1.54, 1.807) is 0 Å². The summed E-state index contributed by atoms with van der Waals surface area (Å²) in [5.74, 6) is -0.341. The molecule has 2 rings (SSSR count). The lowest BCUT2D eigenvalue weighted by Gasteiger charge is -2.39. The zero-order valence-corrected chi connectivity index (χ0v) is 12.6. The standard InChI is InChI=1S/C12H13Cl2NO3S/c1-12(3-2-4-12)15-11(16)8-5-9(13)7-10(6-8)19(14,17)18/h5-7H,2-4H2,1H3,(H,15,16). The summed E-state index contributed by atoms with van der Waals surface area (Å²) < 4.78 is 22.6. The van der Waals surface area contributed by atoms with Gasteiger partial charge in [0.05, 0.1) is 4.90 Å². The molecule has 104 valence electrons. The second kappa shape index (κ2) is 4.96. The van der Waals surface area contributed by atoms with E-state index < -0.39 is 9.05 Å². The van der Waals surface area contributed by atoms with Gasteiger partial charge >= 0.3 is 0 Å². The van der Waals surface area contributed by atoms with Crippen LogP contribution in [0.25, 0.3) is 0 Å². The fourth-order valence-corrected chi connectivity index (χ4v) is 3.12. The number of hydrogen-bond donors (Lipinski definition) is 1. The van der Waals surface area contributed by atoms with Gasteiger partial charge in [-0.25, -0.2) is 8.42 Å². The van der Waals surface area contributed by atoms with Crippen molar-refractivity contribution < 1.29 is 13.2 Å². The maximum Gasteiger partial charge on any atom is 0.261 e. The number of carbonyl (C=O) groups is 1. The molecular weight excluding hydrogens is 309 g/mol. The van der Waals surface area contributed by atoms with Gasteiger partial charge in [-0.15, -0.1) is 0 Å². The SMILES string of the molecule is CC1(NC(=O)c2cc(Cl)cc(S(=O)(=O)Cl)c2)CCC1. The summed E-state index contributed by atoms with van der Waals surface area (Å²) in [5.41, 5.74) is -0.0146. The predicted octanol–water partition coefficient (Wildman–Crippen LogP) is 2.94. The van der Waals surface area contributed by atoms with E-state index >= 15 is 0 Å². The van der Waals surface area contributed by atoms with Gasteiger partial charge in [-0.05, 0) is 44.4 Å². The summed E-state index contributed by atoms with van der Waals surface area (Å²) in [6, 6.07) is 3.86. The third-order valence-electron chi connectivity index (χ3n) is 3.29. The molecular formula is C12H13Cl2NO3S. The maximum absolute atomic E-state index is 12.1. The van der Waals surface area contributed by atoms with Crippen molar-refractivity contribution in [1.82, 2.24) is 5.32 Å². The summed E-state index contributed by atoms with van der Waals surface area (Å²) in [6.07, 6.45) is 2.91. The number of benzene rings is 1. The molecule has 0 saturated heterocycles. The third-order valence-corrected chi connectivity index (χ3v) is 4.84. The first-order chi connectivity index (χ1) is 8.70. The molecule has 0 atom stereocenters. The van der Waals surface area contributed by atoms with Crippen molar-refractivity contribution in [3.63, 3.8) is 0 Å². The van der Waals surface area contributed by atoms with Crippen LogP contribution < -0.4 is 5.32 Å². The molecule has 0 unspecified atom stereocenters. The van der Waals surface area contributed by atoms with Crippen molar-refractivity contribution in [1.29, 1.82) is 0 Å². The summed E-state index contributed by atoms with van der Waals surface area (Å²) in [5, 5.41) is 3.04. The summed E-state index contributed by atoms with van der Waals surface area (Å²) in [4.78, 5) is 11.9. The fraction of sp³-hybridized carbons (Fsp3) is 0.417. The predicted molar refractivity (Wildman–Crippen MR) is 74.2 cm³/mol. The van der Waals surface area contributed by atoms with Gasteiger partial charge < -0.3 is 5.32 Å². The minimum atomic E-state index is -3.91. The molecule has 1 aromatic rings. The van der Waals surface area contributed by atoms with E-state index in [4.69, 9.17) is 22.3 Å². The van der Waals surface area contributed by atoms with Crippen molar-refractivity contribution in [2.75, 3.05) is 0 Å². The highest BCUT2D eigenvalue weighted by molar-refractivity contribution is 8.13. The van der Waals surface area contributed by atoms with E-state index in [9.17, 15) is 13.2 Å². The highest BCUT2D eigenvalue weighted by atomic mass is 35.7. The van der Waals surface area contributed by atoms with Gasteiger partial charge in [0.2, 0.25) is 0 Å². The number of carbonyl (C=O) groups excluding carboxylic acids is 1. The van der Waals surface area contributed by atoms with Crippen molar-refractivity contribution in [2.24, 2.45) is 0 Å². The Morgan fingerprint density at radius 1 is 1.32 bits per heavy atom. The molecule has 1 amide bonds. The van der Waals surface area contributed by atoms with Crippen molar-refractivity contribution in [2.45, 2.75) is 36.6 Å². The highest BCUT2D eigenvalue weighted by Crippen LogP contribution is 2.31. The molecule has 0 aliphatic heterocycles. The van der Waals surface area contributed by atoms with E-state index in [1.807, 2.05) is 6.92 Å². The van der Waals surface area contributed by atoms with Crippen molar-refractivity contribution in [3.05, 3.63) is 28.8 Å². The number of halogens is 2. The average molecular weight is 322 g/mol. The lowest BCUT2D eigenvalue weighted by atomic mass is 9.78. The Morgan fingerprint density at radius 2 is 1.95 bits per heavy atom. The number of hydrogen-bond acceptors (Lipinski definition) is 3. The van der Waals surface area contributed by atoms with E-state index in [0.717, 1.165) is 19.3 Å². The molecule has 1 aliphatic carbocycles. The van der Waals surface area contributed by atoms with Crippen LogP contribution in [-0.4, -0.2) is 19.9 Å². The zero-order chi connectivity index (χ0) is 14.3. The molecule has 0 heterocycles. The van der Waals surface area contributed by atoms with Gasteiger partial charge in [0.1, 0.15) is 0 Å². The highest BCUT2D eigenvalue weighted by Gasteiger charge is 2.33. The monoisotopic (exact) mass is 321 g/mol. The molecule has 1 N–H and O–H groups in total. The van der Waals surface area contributed by atoms with E-state index in [0.29, 0.717) is 0 Å². The fourth-order valence-electron chi connectivity index (χ4n) is 2.01. The summed E-state index contributed by atoms with van der Waals surface area (Å²) in [6.45, 7) is 1.96. The first kappa shape index (κ1) is 14.6. The second-order valence-corrected chi connectivity index (χ2v) is 7.98. The molecule has 0 spiro atoms. The quantitative estimate of drug-likeness (QED) is 0.870. The topological polar surface area (TPSA) is 63.2 Å². The van der Waals surface area contributed by atoms with Crippen LogP contribution in [0, 0.1) is 0 Å². The van der Waals surface area contributed by atoms with Crippen LogP contribution in [0.1, 0.15) is 36.5 Å². The van der Waals surface area contributed by atoms with Crippen LogP contribution in [0.3, 0.4) is 0 Å². The molecule has 19 heavy (non-hydrogen) atoms. The Labute approximate surface area is 121 Å². The van der Waals surface area contributed by atoms with Gasteiger partial charge in [0.25, 0.3) is 15.0 Å². The molecule has 1 aliphatic rings. The Balaban J connectivity index is 2.29. The van der Waals surface area contributed by atoms with Crippen LogP contribution in [0.4, 0.5) is 0 Å². The normalized spacial score (nSPS) is 17.6. The van der Waals surface area contributed by atoms with Gasteiger partial charge in [0.15, 0.2) is 0 Å². The van der Waals surface area contributed by atoms with Crippen LogP contribution in [0.5, 0.6) is 0 Å². The largest absolute Gasteiger partial charge is 0.347 e. The Hall–Kier alpha value is -0.780. The van der Waals surface area contributed by atoms with Crippen LogP contribution in [-0.2, 0) is 9.05 Å². The Morgan fingerprint density at radius 3 is 2.42 bits per heavy atom. The maximum atomic E-state index is 12.1. The number of amides is 1. The smallest absolute Gasteiger partial charge is 0.261 e. The number of rotatable bonds is 3. The van der Waals surface area contributed by atoms with Crippen LogP contribution in [0.2, 0.25) is 5.02 Å². The molecule has 4 nitrogen and oxygen atoms in total. The molecule has 0 bridgehead atoms. The summed E-state index contributed by atoms with van der Waals surface area (Å²) in [7, 11) is 1.35. The first-order valence-electron chi connectivity index (χ1n) is 5.77. The van der Waals surface area contributed by atoms with E-state index in [1.165, 1.54) is 18.2 Å². The van der Waals surface area contributed by atoms with Gasteiger partial charge in [-0.2, -0.15) is 0 Å². The zero-order valence-electron chi connectivity index (χ0n) is 10.2. The van der Waals surface area contributed by atoms with Gasteiger partial charge in [-0.1, -0.05) is 11.6 Å². The van der Waals surface area contributed by atoms with E-state index in [-0.39, 0.29) is 26.9 Å². The minimum Gasteiger partial charge on any atom is -0.347 e. The molecule has 0 aromatic heterocycles. The Bertz CT molecular complexity index is 624. The second-order valence-electron chi connectivity index (χ2n) is 4.98. The molecule has 0 radical (unpaired) electrons. The lowest BCUT2D eigenvalue weighted by Crippen LogP contribution is -2.50. The molecule has 1 fully saturated rings. The third kappa shape index (κ3) is 3.41. The minimum absolute atomic E-state index is 0.158. The van der Waals surface area contributed by atoms with E-state index in [2.05, 4.69) is 5.32 Å².